The van der Waals surface area contributed by atoms with Crippen LogP contribution in [0, 0.1) is 0 Å². The molecule has 0 radical (unpaired) electrons. The van der Waals surface area contributed by atoms with Crippen LogP contribution >= 0.6 is 0 Å². The van der Waals surface area contributed by atoms with Crippen LogP contribution in [0.1, 0.15) is 30.9 Å². The topological polar surface area (TPSA) is 39.5 Å². The van der Waals surface area contributed by atoms with Crippen molar-refractivity contribution in [2.75, 3.05) is 33.4 Å². The summed E-state index contributed by atoms with van der Waals surface area (Å²) in [6.07, 6.45) is 3.97. The van der Waals surface area contributed by atoms with E-state index in [1.165, 1.54) is 5.56 Å². The van der Waals surface area contributed by atoms with Gasteiger partial charge in [-0.3, -0.25) is 9.58 Å². The molecule has 0 saturated carbocycles. The summed E-state index contributed by atoms with van der Waals surface area (Å²) in [7, 11) is 3.64. The Bertz CT molecular complexity index is 668. The Morgan fingerprint density at radius 1 is 1.33 bits per heavy atom. The van der Waals surface area contributed by atoms with Crippen molar-refractivity contribution in [1.82, 2.24) is 14.7 Å². The largest absolute Gasteiger partial charge is 0.497 e. The van der Waals surface area contributed by atoms with E-state index in [9.17, 15) is 0 Å². The lowest BCUT2D eigenvalue weighted by molar-refractivity contribution is -0.104. The van der Waals surface area contributed by atoms with Gasteiger partial charge in [0.1, 0.15) is 11.4 Å². The number of morpholine rings is 1. The van der Waals surface area contributed by atoms with Crippen molar-refractivity contribution < 1.29 is 9.47 Å². The van der Waals surface area contributed by atoms with Gasteiger partial charge in [0, 0.05) is 38.4 Å². The van der Waals surface area contributed by atoms with E-state index in [1.54, 1.807) is 7.11 Å². The summed E-state index contributed by atoms with van der Waals surface area (Å²) in [6, 6.07) is 8.38. The second-order valence-electron chi connectivity index (χ2n) is 6.89. The van der Waals surface area contributed by atoms with E-state index < -0.39 is 0 Å². The van der Waals surface area contributed by atoms with Crippen LogP contribution in [-0.4, -0.2) is 48.0 Å². The van der Waals surface area contributed by atoms with E-state index in [4.69, 9.17) is 9.47 Å². The highest BCUT2D eigenvalue weighted by Crippen LogP contribution is 2.30. The molecule has 3 rings (SSSR count). The molecule has 5 nitrogen and oxygen atoms in total. The Morgan fingerprint density at radius 2 is 2.08 bits per heavy atom. The maximum atomic E-state index is 6.10. The molecule has 2 aromatic rings. The standard InChI is InChI=1S/C19H27N3O2/c1-15(16-5-7-18(23-4)8-6-16)12-22-9-10-24-19(2,14-22)17-11-20-21(3)13-17/h5-8,11,13,15H,9-10,12,14H2,1-4H3/t15-,19+/m1/s1. The van der Waals surface area contributed by atoms with Gasteiger partial charge >= 0.3 is 0 Å². The van der Waals surface area contributed by atoms with Crippen molar-refractivity contribution in [3.8, 4) is 5.75 Å². The van der Waals surface area contributed by atoms with Crippen LogP contribution in [0.3, 0.4) is 0 Å². The van der Waals surface area contributed by atoms with Gasteiger partial charge in [-0.05, 0) is 30.5 Å². The zero-order valence-corrected chi connectivity index (χ0v) is 15.0. The molecule has 5 heteroatoms. The number of methoxy groups -OCH3 is 1. The quantitative estimate of drug-likeness (QED) is 0.846. The van der Waals surface area contributed by atoms with E-state index in [2.05, 4.69) is 42.2 Å². The average molecular weight is 329 g/mol. The van der Waals surface area contributed by atoms with Crippen LogP contribution in [0.15, 0.2) is 36.7 Å². The molecule has 1 fully saturated rings. The van der Waals surface area contributed by atoms with Crippen molar-refractivity contribution in [3.63, 3.8) is 0 Å². The number of ether oxygens (including phenoxy) is 2. The molecule has 24 heavy (non-hydrogen) atoms. The van der Waals surface area contributed by atoms with E-state index in [1.807, 2.05) is 30.1 Å². The summed E-state index contributed by atoms with van der Waals surface area (Å²) in [4.78, 5) is 2.49. The molecule has 0 bridgehead atoms. The van der Waals surface area contributed by atoms with Crippen LogP contribution in [-0.2, 0) is 17.4 Å². The van der Waals surface area contributed by atoms with E-state index in [0.29, 0.717) is 5.92 Å². The second-order valence-corrected chi connectivity index (χ2v) is 6.89. The van der Waals surface area contributed by atoms with Crippen LogP contribution in [0.5, 0.6) is 5.75 Å². The first-order valence-electron chi connectivity index (χ1n) is 8.49. The first kappa shape index (κ1) is 17.0. The molecule has 2 atom stereocenters. The predicted molar refractivity (Wildman–Crippen MR) is 94.4 cm³/mol. The number of hydrogen-bond acceptors (Lipinski definition) is 4. The van der Waals surface area contributed by atoms with Gasteiger partial charge in [-0.1, -0.05) is 19.1 Å². The van der Waals surface area contributed by atoms with Crippen molar-refractivity contribution in [2.45, 2.75) is 25.4 Å². The van der Waals surface area contributed by atoms with Crippen LogP contribution in [0.25, 0.3) is 0 Å². The number of benzene rings is 1. The monoisotopic (exact) mass is 329 g/mol. The number of nitrogens with zero attached hydrogens (tertiary/aromatic N) is 3. The number of aromatic nitrogens is 2. The van der Waals surface area contributed by atoms with Gasteiger partial charge in [0.15, 0.2) is 0 Å². The van der Waals surface area contributed by atoms with E-state index >= 15 is 0 Å². The molecule has 1 aromatic carbocycles. The first-order valence-corrected chi connectivity index (χ1v) is 8.49. The summed E-state index contributed by atoms with van der Waals surface area (Å²) in [5.41, 5.74) is 2.20. The highest BCUT2D eigenvalue weighted by Gasteiger charge is 2.35. The molecule has 130 valence electrons. The maximum absolute atomic E-state index is 6.10. The van der Waals surface area contributed by atoms with Crippen molar-refractivity contribution in [3.05, 3.63) is 47.8 Å². The third kappa shape index (κ3) is 3.62. The zero-order chi connectivity index (χ0) is 17.2. The molecule has 0 N–H and O–H groups in total. The normalized spacial score (nSPS) is 23.2. The molecule has 2 heterocycles. The summed E-state index contributed by atoms with van der Waals surface area (Å²) >= 11 is 0. The lowest BCUT2D eigenvalue weighted by Crippen LogP contribution is -2.49. The van der Waals surface area contributed by atoms with Crippen LogP contribution < -0.4 is 4.74 Å². The molecule has 0 aliphatic carbocycles. The van der Waals surface area contributed by atoms with Gasteiger partial charge in [-0.2, -0.15) is 5.10 Å². The van der Waals surface area contributed by atoms with Crippen LogP contribution in [0.2, 0.25) is 0 Å². The Morgan fingerprint density at radius 3 is 2.71 bits per heavy atom. The minimum Gasteiger partial charge on any atom is -0.497 e. The first-order chi connectivity index (χ1) is 11.5. The molecular weight excluding hydrogens is 302 g/mol. The summed E-state index contributed by atoms with van der Waals surface area (Å²) in [6.45, 7) is 8.06. The summed E-state index contributed by atoms with van der Waals surface area (Å²) in [5, 5.41) is 4.29. The highest BCUT2D eigenvalue weighted by molar-refractivity contribution is 5.29. The lowest BCUT2D eigenvalue weighted by atomic mass is 9.95. The summed E-state index contributed by atoms with van der Waals surface area (Å²) in [5.74, 6) is 1.37. The van der Waals surface area contributed by atoms with Gasteiger partial charge < -0.3 is 9.47 Å². The Balaban J connectivity index is 1.66. The number of hydrogen-bond donors (Lipinski definition) is 0. The van der Waals surface area contributed by atoms with Crippen molar-refractivity contribution in [2.24, 2.45) is 7.05 Å². The van der Waals surface area contributed by atoms with Gasteiger partial charge in [0.05, 0.1) is 19.9 Å². The predicted octanol–water partition coefficient (Wildman–Crippen LogP) is 2.78. The average Bonchev–Trinajstić information content (AvgIpc) is 3.02. The van der Waals surface area contributed by atoms with Gasteiger partial charge in [-0.25, -0.2) is 0 Å². The minimum absolute atomic E-state index is 0.286. The maximum Gasteiger partial charge on any atom is 0.118 e. The van der Waals surface area contributed by atoms with Gasteiger partial charge in [0.25, 0.3) is 0 Å². The molecule has 1 aliphatic rings. The highest BCUT2D eigenvalue weighted by atomic mass is 16.5. The molecule has 0 amide bonds. The Kier molecular flexibility index (Phi) is 4.92. The second kappa shape index (κ2) is 6.95. The fourth-order valence-electron chi connectivity index (χ4n) is 3.40. The number of aryl methyl sites for hydroxylation is 1. The molecule has 1 saturated heterocycles. The third-order valence-electron chi connectivity index (χ3n) is 4.89. The van der Waals surface area contributed by atoms with Crippen LogP contribution in [0.4, 0.5) is 0 Å². The third-order valence-corrected chi connectivity index (χ3v) is 4.89. The Labute approximate surface area is 144 Å². The van der Waals surface area contributed by atoms with Gasteiger partial charge in [-0.15, -0.1) is 0 Å². The fourth-order valence-corrected chi connectivity index (χ4v) is 3.40. The molecular formula is C19H27N3O2. The van der Waals surface area contributed by atoms with Gasteiger partial charge in [0.2, 0.25) is 0 Å². The molecule has 0 spiro atoms. The Hall–Kier alpha value is -1.85. The summed E-state index contributed by atoms with van der Waals surface area (Å²) < 4.78 is 13.2. The van der Waals surface area contributed by atoms with Crippen molar-refractivity contribution in [1.29, 1.82) is 0 Å². The smallest absolute Gasteiger partial charge is 0.118 e. The van der Waals surface area contributed by atoms with Crippen molar-refractivity contribution >= 4 is 0 Å². The van der Waals surface area contributed by atoms with E-state index in [-0.39, 0.29) is 5.60 Å². The molecule has 1 aromatic heterocycles. The molecule has 1 aliphatic heterocycles. The minimum atomic E-state index is -0.286. The SMILES string of the molecule is COc1ccc([C@H](C)CN2CCO[C@](C)(c3cnn(C)c3)C2)cc1. The fraction of sp³-hybridized carbons (Fsp3) is 0.526. The number of rotatable bonds is 5. The van der Waals surface area contributed by atoms with E-state index in [0.717, 1.165) is 37.6 Å². The zero-order valence-electron chi connectivity index (χ0n) is 15.0. The molecule has 0 unspecified atom stereocenters. The lowest BCUT2D eigenvalue weighted by Gasteiger charge is -2.41.